The van der Waals surface area contributed by atoms with Gasteiger partial charge in [-0.15, -0.1) is 0 Å². The Morgan fingerprint density at radius 1 is 1.07 bits per heavy atom. The molecular weight excluding hydrogens is 334 g/mol. The van der Waals surface area contributed by atoms with Crippen LogP contribution in [0, 0.1) is 6.92 Å². The predicted octanol–water partition coefficient (Wildman–Crippen LogP) is 3.07. The van der Waals surface area contributed by atoms with Gasteiger partial charge in [-0.3, -0.25) is 9.80 Å². The Balaban J connectivity index is 1.87. The summed E-state index contributed by atoms with van der Waals surface area (Å²) < 4.78 is 2.29. The van der Waals surface area contributed by atoms with Gasteiger partial charge in [0.25, 0.3) is 0 Å². The van der Waals surface area contributed by atoms with Crippen molar-refractivity contribution in [2.75, 3.05) is 39.8 Å². The molecule has 0 spiro atoms. The van der Waals surface area contributed by atoms with Crippen LogP contribution < -0.4 is 5.32 Å². The maximum Gasteiger partial charge on any atom is 0.140 e. The minimum atomic E-state index is 0.244. The SMILES string of the molecule is CNCC(c1c(C)nc(-c2ccccc2)n1C)N1CCN(C(C)(C)C)CC1. The van der Waals surface area contributed by atoms with E-state index in [0.717, 1.165) is 44.2 Å². The monoisotopic (exact) mass is 369 g/mol. The summed E-state index contributed by atoms with van der Waals surface area (Å²) in [6.07, 6.45) is 0. The van der Waals surface area contributed by atoms with E-state index in [1.807, 2.05) is 7.05 Å². The van der Waals surface area contributed by atoms with Gasteiger partial charge in [-0.2, -0.15) is 0 Å². The summed E-state index contributed by atoms with van der Waals surface area (Å²) in [5.41, 5.74) is 3.88. The Morgan fingerprint density at radius 3 is 2.26 bits per heavy atom. The zero-order valence-corrected chi connectivity index (χ0v) is 17.8. The molecule has 1 unspecified atom stereocenters. The molecule has 2 heterocycles. The van der Waals surface area contributed by atoms with Crippen LogP contribution in [-0.2, 0) is 7.05 Å². The predicted molar refractivity (Wildman–Crippen MR) is 113 cm³/mol. The number of nitrogens with zero attached hydrogens (tertiary/aromatic N) is 4. The number of piperazine rings is 1. The van der Waals surface area contributed by atoms with Gasteiger partial charge in [-0.1, -0.05) is 30.3 Å². The molecule has 1 fully saturated rings. The van der Waals surface area contributed by atoms with Crippen LogP contribution in [-0.4, -0.2) is 64.7 Å². The van der Waals surface area contributed by atoms with Crippen molar-refractivity contribution in [3.05, 3.63) is 41.7 Å². The molecule has 1 saturated heterocycles. The number of aryl methyl sites for hydroxylation is 1. The first-order chi connectivity index (χ1) is 12.8. The largest absolute Gasteiger partial charge is 0.329 e. The third-order valence-corrected chi connectivity index (χ3v) is 5.77. The molecule has 0 aliphatic carbocycles. The van der Waals surface area contributed by atoms with Gasteiger partial charge >= 0.3 is 0 Å². The summed E-state index contributed by atoms with van der Waals surface area (Å²) in [5, 5.41) is 3.41. The molecule has 1 aromatic heterocycles. The number of nitrogens with one attached hydrogen (secondary N) is 1. The molecule has 0 amide bonds. The Hall–Kier alpha value is -1.69. The molecule has 2 aromatic rings. The first-order valence-electron chi connectivity index (χ1n) is 10.0. The number of aromatic nitrogens is 2. The van der Waals surface area contributed by atoms with Gasteiger partial charge < -0.3 is 9.88 Å². The van der Waals surface area contributed by atoms with Gasteiger partial charge in [0, 0.05) is 50.9 Å². The second-order valence-corrected chi connectivity index (χ2v) is 8.60. The molecule has 1 atom stereocenters. The van der Waals surface area contributed by atoms with E-state index in [2.05, 4.69) is 84.8 Å². The number of imidazole rings is 1. The number of rotatable bonds is 5. The molecule has 0 radical (unpaired) electrons. The highest BCUT2D eigenvalue weighted by Crippen LogP contribution is 2.30. The molecule has 1 aliphatic rings. The lowest BCUT2D eigenvalue weighted by Gasteiger charge is -2.44. The average Bonchev–Trinajstić information content (AvgIpc) is 2.94. The fraction of sp³-hybridized carbons (Fsp3) is 0.591. The van der Waals surface area contributed by atoms with Gasteiger partial charge in [-0.25, -0.2) is 4.98 Å². The molecule has 5 heteroatoms. The lowest BCUT2D eigenvalue weighted by atomic mass is 10.0. The Labute approximate surface area is 164 Å². The van der Waals surface area contributed by atoms with E-state index in [0.29, 0.717) is 6.04 Å². The van der Waals surface area contributed by atoms with Crippen LogP contribution in [0.3, 0.4) is 0 Å². The summed E-state index contributed by atoms with van der Waals surface area (Å²) in [4.78, 5) is 10.1. The Kier molecular flexibility index (Phi) is 6.04. The maximum absolute atomic E-state index is 4.93. The van der Waals surface area contributed by atoms with Gasteiger partial charge in [0.05, 0.1) is 17.4 Å². The smallest absolute Gasteiger partial charge is 0.140 e. The quantitative estimate of drug-likeness (QED) is 0.879. The van der Waals surface area contributed by atoms with Crippen LogP contribution in [0.15, 0.2) is 30.3 Å². The molecule has 27 heavy (non-hydrogen) atoms. The zero-order valence-electron chi connectivity index (χ0n) is 17.8. The van der Waals surface area contributed by atoms with E-state index in [1.54, 1.807) is 0 Å². The second-order valence-electron chi connectivity index (χ2n) is 8.60. The van der Waals surface area contributed by atoms with Crippen molar-refractivity contribution in [2.45, 2.75) is 39.3 Å². The molecule has 1 aliphatic heterocycles. The van der Waals surface area contributed by atoms with Gasteiger partial charge in [0.1, 0.15) is 5.82 Å². The lowest BCUT2D eigenvalue weighted by Crippen LogP contribution is -2.55. The second kappa shape index (κ2) is 8.13. The minimum absolute atomic E-state index is 0.244. The van der Waals surface area contributed by atoms with Gasteiger partial charge in [-0.05, 0) is 34.7 Å². The Bertz CT molecular complexity index is 736. The first-order valence-corrected chi connectivity index (χ1v) is 10.0. The van der Waals surface area contributed by atoms with Crippen LogP contribution in [0.4, 0.5) is 0 Å². The summed E-state index contributed by atoms with van der Waals surface area (Å²) >= 11 is 0. The normalized spacial score (nSPS) is 18.0. The summed E-state index contributed by atoms with van der Waals surface area (Å²) in [5.74, 6) is 1.05. The summed E-state index contributed by atoms with van der Waals surface area (Å²) in [6, 6.07) is 10.8. The van der Waals surface area contributed by atoms with Crippen molar-refractivity contribution in [2.24, 2.45) is 7.05 Å². The molecule has 3 rings (SSSR count). The van der Waals surface area contributed by atoms with Crippen LogP contribution in [0.2, 0.25) is 0 Å². The molecular formula is C22H35N5. The summed E-state index contributed by atoms with van der Waals surface area (Å²) in [6.45, 7) is 14.4. The topological polar surface area (TPSA) is 36.3 Å². The van der Waals surface area contributed by atoms with E-state index in [-0.39, 0.29) is 5.54 Å². The van der Waals surface area contributed by atoms with Crippen LogP contribution in [0.5, 0.6) is 0 Å². The maximum atomic E-state index is 4.93. The van der Waals surface area contributed by atoms with Gasteiger partial charge in [0.15, 0.2) is 0 Å². The number of hydrogen-bond acceptors (Lipinski definition) is 4. The number of benzene rings is 1. The highest BCUT2D eigenvalue weighted by atomic mass is 15.3. The molecule has 0 bridgehead atoms. The van der Waals surface area contributed by atoms with E-state index in [1.165, 1.54) is 11.3 Å². The zero-order chi connectivity index (χ0) is 19.6. The van der Waals surface area contributed by atoms with E-state index in [4.69, 9.17) is 4.98 Å². The highest BCUT2D eigenvalue weighted by Gasteiger charge is 2.32. The van der Waals surface area contributed by atoms with Crippen molar-refractivity contribution in [3.63, 3.8) is 0 Å². The molecule has 5 nitrogen and oxygen atoms in total. The van der Waals surface area contributed by atoms with Crippen LogP contribution in [0.25, 0.3) is 11.4 Å². The van der Waals surface area contributed by atoms with Gasteiger partial charge in [0.2, 0.25) is 0 Å². The molecule has 0 saturated carbocycles. The standard InChI is InChI=1S/C22H35N5/c1-17-20(25(6)21(24-17)18-10-8-7-9-11-18)19(16-23-5)26-12-14-27(15-13-26)22(2,3)4/h7-11,19,23H,12-16H2,1-6H3. The van der Waals surface area contributed by atoms with Crippen molar-refractivity contribution >= 4 is 0 Å². The molecule has 1 aromatic carbocycles. The van der Waals surface area contributed by atoms with Crippen molar-refractivity contribution in [3.8, 4) is 11.4 Å². The average molecular weight is 370 g/mol. The fourth-order valence-electron chi connectivity index (χ4n) is 4.25. The first kappa shape index (κ1) is 20.1. The number of likely N-dealkylation sites (N-methyl/N-ethyl adjacent to an activating group) is 1. The number of hydrogen-bond donors (Lipinski definition) is 1. The lowest BCUT2D eigenvalue weighted by molar-refractivity contribution is 0.0403. The van der Waals surface area contributed by atoms with Crippen LogP contribution in [0.1, 0.15) is 38.2 Å². The third-order valence-electron chi connectivity index (χ3n) is 5.77. The van der Waals surface area contributed by atoms with E-state index < -0.39 is 0 Å². The van der Waals surface area contributed by atoms with E-state index >= 15 is 0 Å². The minimum Gasteiger partial charge on any atom is -0.329 e. The van der Waals surface area contributed by atoms with E-state index in [9.17, 15) is 0 Å². The Morgan fingerprint density at radius 2 is 1.70 bits per heavy atom. The molecule has 1 N–H and O–H groups in total. The third kappa shape index (κ3) is 4.26. The van der Waals surface area contributed by atoms with Crippen LogP contribution >= 0.6 is 0 Å². The summed E-state index contributed by atoms with van der Waals surface area (Å²) in [7, 11) is 4.20. The van der Waals surface area contributed by atoms with Crippen molar-refractivity contribution in [1.29, 1.82) is 0 Å². The molecule has 148 valence electrons. The van der Waals surface area contributed by atoms with Crippen molar-refractivity contribution in [1.82, 2.24) is 24.7 Å². The highest BCUT2D eigenvalue weighted by molar-refractivity contribution is 5.57. The fourth-order valence-corrected chi connectivity index (χ4v) is 4.25. The van der Waals surface area contributed by atoms with Crippen molar-refractivity contribution < 1.29 is 0 Å².